The minimum absolute atomic E-state index is 0.214. The van der Waals surface area contributed by atoms with Crippen molar-refractivity contribution < 1.29 is 18.7 Å². The maximum Gasteiger partial charge on any atom is 0.229 e. The topological polar surface area (TPSA) is 63.3 Å². The van der Waals surface area contributed by atoms with Crippen molar-refractivity contribution in [2.24, 2.45) is 5.73 Å². The predicted octanol–water partition coefficient (Wildman–Crippen LogP) is 0.897. The van der Waals surface area contributed by atoms with E-state index in [1.165, 1.54) is 0 Å². The summed E-state index contributed by atoms with van der Waals surface area (Å²) in [6.45, 7) is 0. The van der Waals surface area contributed by atoms with E-state index in [0.717, 1.165) is 6.07 Å². The van der Waals surface area contributed by atoms with Crippen molar-refractivity contribution in [1.82, 2.24) is 0 Å². The molecule has 0 aliphatic carbocycles. The van der Waals surface area contributed by atoms with E-state index < -0.39 is 23.3 Å². The summed E-state index contributed by atoms with van der Waals surface area (Å²) in [5.74, 6) is 1.18. The van der Waals surface area contributed by atoms with Crippen LogP contribution in [0.25, 0.3) is 0 Å². The lowest BCUT2D eigenvalue weighted by atomic mass is 10.2. The Morgan fingerprint density at radius 1 is 1.47 bits per heavy atom. The summed E-state index contributed by atoms with van der Waals surface area (Å²) < 4.78 is 25.5. The molecule has 1 aromatic rings. The molecule has 0 radical (unpaired) electrons. The van der Waals surface area contributed by atoms with Gasteiger partial charge >= 0.3 is 0 Å². The van der Waals surface area contributed by atoms with Gasteiger partial charge in [0.15, 0.2) is 11.6 Å². The molecule has 5 heteroatoms. The van der Waals surface area contributed by atoms with Crippen molar-refractivity contribution in [3.8, 4) is 17.6 Å². The molecule has 15 heavy (non-hydrogen) atoms. The van der Waals surface area contributed by atoms with Crippen molar-refractivity contribution in [2.45, 2.75) is 6.42 Å². The number of phenols is 1. The summed E-state index contributed by atoms with van der Waals surface area (Å²) in [6.07, 6.45) is -0.239. The van der Waals surface area contributed by atoms with Gasteiger partial charge in [0.05, 0.1) is 12.0 Å². The first-order valence-electron chi connectivity index (χ1n) is 3.96. The lowest BCUT2D eigenvalue weighted by Gasteiger charge is -1.98. The Bertz CT molecular complexity index is 460. The van der Waals surface area contributed by atoms with Crippen LogP contribution < -0.4 is 5.73 Å². The molecule has 1 aromatic carbocycles. The Morgan fingerprint density at radius 2 is 2.13 bits per heavy atom. The molecule has 0 heterocycles. The second-order valence-corrected chi connectivity index (χ2v) is 2.73. The minimum Gasteiger partial charge on any atom is -0.504 e. The molecule has 0 aliphatic heterocycles. The number of halogens is 2. The largest absolute Gasteiger partial charge is 0.504 e. The van der Waals surface area contributed by atoms with Gasteiger partial charge in [0.25, 0.3) is 0 Å². The summed E-state index contributed by atoms with van der Waals surface area (Å²) in [5.41, 5.74) is 4.59. The number of aromatic hydroxyl groups is 1. The van der Waals surface area contributed by atoms with Gasteiger partial charge in [-0.3, -0.25) is 4.79 Å². The molecule has 0 spiro atoms. The average Bonchev–Trinajstić information content (AvgIpc) is 2.12. The zero-order valence-electron chi connectivity index (χ0n) is 7.55. The van der Waals surface area contributed by atoms with Gasteiger partial charge in [0, 0.05) is 6.07 Å². The fraction of sp³-hybridized carbons (Fsp3) is 0.100. The van der Waals surface area contributed by atoms with E-state index in [4.69, 9.17) is 10.8 Å². The third-order valence-corrected chi connectivity index (χ3v) is 1.51. The van der Waals surface area contributed by atoms with Crippen LogP contribution in [-0.2, 0) is 4.79 Å². The fourth-order valence-electron chi connectivity index (χ4n) is 0.888. The van der Waals surface area contributed by atoms with Gasteiger partial charge in [-0.15, -0.1) is 0 Å². The molecule has 3 nitrogen and oxygen atoms in total. The third-order valence-electron chi connectivity index (χ3n) is 1.51. The molecule has 3 N–H and O–H groups in total. The maximum atomic E-state index is 12.8. The molecule has 1 amide bonds. The van der Waals surface area contributed by atoms with Crippen molar-refractivity contribution in [2.75, 3.05) is 0 Å². The maximum absolute atomic E-state index is 12.8. The zero-order valence-corrected chi connectivity index (χ0v) is 7.55. The van der Waals surface area contributed by atoms with E-state index in [2.05, 4.69) is 11.8 Å². The quantitative estimate of drug-likeness (QED) is 0.678. The first kappa shape index (κ1) is 11.0. The van der Waals surface area contributed by atoms with Crippen LogP contribution in [0.5, 0.6) is 5.75 Å². The Morgan fingerprint density at radius 3 is 2.73 bits per heavy atom. The Hall–Kier alpha value is -2.09. The van der Waals surface area contributed by atoms with Crippen LogP contribution in [0.4, 0.5) is 8.78 Å². The number of hydrogen-bond acceptors (Lipinski definition) is 2. The normalized spacial score (nSPS) is 9.20. The number of carbonyl (C=O) groups is 1. The highest BCUT2D eigenvalue weighted by Crippen LogP contribution is 2.21. The van der Waals surface area contributed by atoms with Crippen LogP contribution in [-0.4, -0.2) is 11.0 Å². The molecule has 0 unspecified atom stereocenters. The number of phenolic OH excluding ortho intramolecular Hbond substituents is 1. The van der Waals surface area contributed by atoms with Crippen LogP contribution >= 0.6 is 0 Å². The molecular formula is C10H7F2NO2. The fourth-order valence-corrected chi connectivity index (χ4v) is 0.888. The molecule has 0 aliphatic rings. The van der Waals surface area contributed by atoms with Crippen molar-refractivity contribution in [3.05, 3.63) is 29.3 Å². The van der Waals surface area contributed by atoms with Gasteiger partial charge in [0.2, 0.25) is 5.91 Å². The Balaban J connectivity index is 3.02. The second-order valence-electron chi connectivity index (χ2n) is 2.73. The van der Waals surface area contributed by atoms with Crippen molar-refractivity contribution in [1.29, 1.82) is 0 Å². The van der Waals surface area contributed by atoms with Crippen LogP contribution in [0, 0.1) is 23.5 Å². The van der Waals surface area contributed by atoms with Crippen molar-refractivity contribution >= 4 is 5.91 Å². The van der Waals surface area contributed by atoms with Gasteiger partial charge in [-0.05, 0) is 6.07 Å². The Kier molecular flexibility index (Phi) is 3.24. The standard InChI is InChI=1S/C10H7F2NO2/c11-7-4-6(2-1-3-9(13)14)10(15)8(12)5-7/h4-5,15H,3H2,(H2,13,14). The summed E-state index contributed by atoms with van der Waals surface area (Å²) in [6, 6.07) is 1.40. The van der Waals surface area contributed by atoms with Crippen molar-refractivity contribution in [3.63, 3.8) is 0 Å². The van der Waals surface area contributed by atoms with Crippen LogP contribution in [0.15, 0.2) is 12.1 Å². The molecule has 1 rings (SSSR count). The van der Waals surface area contributed by atoms with Gasteiger partial charge in [-0.25, -0.2) is 8.78 Å². The lowest BCUT2D eigenvalue weighted by Crippen LogP contribution is -2.08. The van der Waals surface area contributed by atoms with E-state index in [1.807, 2.05) is 0 Å². The first-order valence-corrected chi connectivity index (χ1v) is 3.96. The highest BCUT2D eigenvalue weighted by Gasteiger charge is 2.07. The highest BCUT2D eigenvalue weighted by atomic mass is 19.1. The van der Waals surface area contributed by atoms with E-state index in [9.17, 15) is 13.6 Å². The summed E-state index contributed by atoms with van der Waals surface area (Å²) in [4.78, 5) is 10.3. The number of hydrogen-bond donors (Lipinski definition) is 2. The number of nitrogens with two attached hydrogens (primary N) is 1. The lowest BCUT2D eigenvalue weighted by molar-refractivity contribution is -0.117. The van der Waals surface area contributed by atoms with E-state index in [0.29, 0.717) is 6.07 Å². The molecule has 0 aromatic heterocycles. The van der Waals surface area contributed by atoms with Crippen LogP contribution in [0.2, 0.25) is 0 Å². The number of carbonyl (C=O) groups excluding carboxylic acids is 1. The van der Waals surface area contributed by atoms with E-state index in [1.54, 1.807) is 0 Å². The van der Waals surface area contributed by atoms with E-state index in [-0.39, 0.29) is 12.0 Å². The van der Waals surface area contributed by atoms with Gasteiger partial charge < -0.3 is 10.8 Å². The monoisotopic (exact) mass is 211 g/mol. The number of amides is 1. The van der Waals surface area contributed by atoms with Crippen LogP contribution in [0.3, 0.4) is 0 Å². The summed E-state index contributed by atoms with van der Waals surface area (Å²) in [5, 5.41) is 9.13. The molecule has 0 saturated heterocycles. The van der Waals surface area contributed by atoms with Crippen LogP contribution in [0.1, 0.15) is 12.0 Å². The second kappa shape index (κ2) is 4.42. The smallest absolute Gasteiger partial charge is 0.229 e. The summed E-state index contributed by atoms with van der Waals surface area (Å²) >= 11 is 0. The molecule has 0 saturated carbocycles. The van der Waals surface area contributed by atoms with Gasteiger partial charge in [-0.1, -0.05) is 11.8 Å². The minimum atomic E-state index is -1.10. The average molecular weight is 211 g/mol. The van der Waals surface area contributed by atoms with Gasteiger partial charge in [-0.2, -0.15) is 0 Å². The number of primary amides is 1. The third kappa shape index (κ3) is 2.95. The molecular weight excluding hydrogens is 204 g/mol. The highest BCUT2D eigenvalue weighted by molar-refractivity contribution is 5.76. The zero-order chi connectivity index (χ0) is 11.4. The number of benzene rings is 1. The summed E-state index contributed by atoms with van der Waals surface area (Å²) in [7, 11) is 0. The molecule has 0 bridgehead atoms. The Labute approximate surface area is 84.5 Å². The van der Waals surface area contributed by atoms with Gasteiger partial charge in [0.1, 0.15) is 5.82 Å². The molecule has 78 valence electrons. The SMILES string of the molecule is NC(=O)CC#Cc1cc(F)cc(F)c1O. The first-order chi connectivity index (χ1) is 7.00. The predicted molar refractivity (Wildman–Crippen MR) is 48.7 cm³/mol. The number of rotatable bonds is 1. The molecule has 0 fully saturated rings. The molecule has 0 atom stereocenters. The van der Waals surface area contributed by atoms with E-state index >= 15 is 0 Å².